The predicted octanol–water partition coefficient (Wildman–Crippen LogP) is 3.42. The van der Waals surface area contributed by atoms with Crippen molar-refractivity contribution in [2.75, 3.05) is 13.1 Å². The summed E-state index contributed by atoms with van der Waals surface area (Å²) in [7, 11) is -3.61. The predicted molar refractivity (Wildman–Crippen MR) is 97.3 cm³/mol. The summed E-state index contributed by atoms with van der Waals surface area (Å²) >= 11 is 0. The maximum Gasteiger partial charge on any atom is 0.316 e. The van der Waals surface area contributed by atoms with Gasteiger partial charge in [-0.25, -0.2) is 8.42 Å². The molecule has 0 unspecified atom stereocenters. The Labute approximate surface area is 150 Å². The fourth-order valence-corrected chi connectivity index (χ4v) is 3.80. The Morgan fingerprint density at radius 3 is 2.24 bits per heavy atom. The molecule has 1 aliphatic heterocycles. The highest BCUT2D eigenvalue weighted by atomic mass is 32.2. The van der Waals surface area contributed by atoms with Gasteiger partial charge >= 0.3 is 5.97 Å². The molecular formula is C19H25NO4S. The number of carbonyl (C=O) groups is 1. The largest absolute Gasteiger partial charge is 0.431 e. The molecule has 1 saturated heterocycles. The van der Waals surface area contributed by atoms with Gasteiger partial charge < -0.3 is 4.74 Å². The number of esters is 1. The van der Waals surface area contributed by atoms with Crippen LogP contribution in [0, 0.1) is 12.3 Å². The number of carbonyl (C=O) groups excluding carboxylic acids is 1. The Bertz CT molecular complexity index is 827. The number of nitrogens with zero attached hydrogens (tertiary/aromatic N) is 1. The van der Waals surface area contributed by atoms with E-state index < -0.39 is 15.4 Å². The van der Waals surface area contributed by atoms with Crippen molar-refractivity contribution in [3.05, 3.63) is 53.3 Å². The zero-order chi connectivity index (χ0) is 19.0. The van der Waals surface area contributed by atoms with Gasteiger partial charge in [0.25, 0.3) is 0 Å². The monoisotopic (exact) mass is 363 g/mol. The summed E-state index contributed by atoms with van der Waals surface area (Å²) in [6.45, 7) is 13.2. The molecule has 1 aromatic rings. The van der Waals surface area contributed by atoms with Crippen molar-refractivity contribution >= 4 is 16.0 Å². The average molecular weight is 363 g/mol. The first-order valence-corrected chi connectivity index (χ1v) is 9.54. The molecule has 0 amide bonds. The molecule has 0 aromatic heterocycles. The second-order valence-corrected chi connectivity index (χ2v) is 9.30. The molecule has 25 heavy (non-hydrogen) atoms. The number of hydrogen-bond donors (Lipinski definition) is 0. The number of benzene rings is 1. The lowest BCUT2D eigenvalue weighted by Gasteiger charge is -2.18. The lowest BCUT2D eigenvalue weighted by Crippen LogP contribution is -2.28. The van der Waals surface area contributed by atoms with E-state index in [1.165, 1.54) is 4.31 Å². The van der Waals surface area contributed by atoms with E-state index in [9.17, 15) is 13.2 Å². The van der Waals surface area contributed by atoms with Crippen molar-refractivity contribution in [1.29, 1.82) is 0 Å². The summed E-state index contributed by atoms with van der Waals surface area (Å²) in [5, 5.41) is 0. The Hall–Kier alpha value is -1.92. The zero-order valence-corrected chi connectivity index (χ0v) is 16.2. The van der Waals surface area contributed by atoms with E-state index in [0.717, 1.165) is 5.56 Å². The summed E-state index contributed by atoms with van der Waals surface area (Å²) in [5.74, 6) is 0.0525. The average Bonchev–Trinajstić information content (AvgIpc) is 2.89. The van der Waals surface area contributed by atoms with Gasteiger partial charge in [-0.15, -0.1) is 0 Å². The van der Waals surface area contributed by atoms with E-state index in [2.05, 4.69) is 6.58 Å². The van der Waals surface area contributed by atoms with Gasteiger partial charge in [0, 0.05) is 18.7 Å². The molecular weight excluding hydrogens is 338 g/mol. The Morgan fingerprint density at radius 1 is 1.16 bits per heavy atom. The highest BCUT2D eigenvalue weighted by molar-refractivity contribution is 7.89. The second kappa shape index (κ2) is 6.77. The van der Waals surface area contributed by atoms with Crippen LogP contribution in [0.2, 0.25) is 0 Å². The van der Waals surface area contributed by atoms with Crippen LogP contribution in [0.15, 0.2) is 52.6 Å². The highest BCUT2D eigenvalue weighted by Gasteiger charge is 2.34. The molecule has 1 aliphatic rings. The summed E-state index contributed by atoms with van der Waals surface area (Å²) in [6.07, 6.45) is 0. The van der Waals surface area contributed by atoms with Crippen molar-refractivity contribution in [3.8, 4) is 0 Å². The second-order valence-electron chi connectivity index (χ2n) is 7.36. The van der Waals surface area contributed by atoms with Crippen LogP contribution < -0.4 is 0 Å². The van der Waals surface area contributed by atoms with Gasteiger partial charge in [-0.05, 0) is 52.3 Å². The molecule has 2 rings (SSSR count). The number of sulfonamides is 1. The van der Waals surface area contributed by atoms with Gasteiger partial charge in [-0.3, -0.25) is 4.79 Å². The van der Waals surface area contributed by atoms with E-state index in [-0.39, 0.29) is 24.0 Å². The minimum absolute atomic E-state index is 0.151. The van der Waals surface area contributed by atoms with Crippen LogP contribution in [-0.2, 0) is 19.6 Å². The molecule has 6 heteroatoms. The Kier molecular flexibility index (Phi) is 5.25. The fourth-order valence-electron chi connectivity index (χ4n) is 2.40. The number of hydrogen-bond acceptors (Lipinski definition) is 4. The van der Waals surface area contributed by atoms with Crippen molar-refractivity contribution in [3.63, 3.8) is 0 Å². The molecule has 0 aliphatic carbocycles. The number of ether oxygens (including phenoxy) is 1. The Morgan fingerprint density at radius 2 is 1.72 bits per heavy atom. The molecule has 1 aromatic carbocycles. The first-order valence-electron chi connectivity index (χ1n) is 8.10. The molecule has 0 saturated carbocycles. The van der Waals surface area contributed by atoms with Crippen molar-refractivity contribution < 1.29 is 17.9 Å². The normalized spacial score (nSPS) is 18.4. The molecule has 1 fully saturated rings. The van der Waals surface area contributed by atoms with Gasteiger partial charge in [0.2, 0.25) is 10.0 Å². The topological polar surface area (TPSA) is 63.7 Å². The summed E-state index contributed by atoms with van der Waals surface area (Å²) in [4.78, 5) is 12.3. The lowest BCUT2D eigenvalue weighted by atomic mass is 9.97. The quantitative estimate of drug-likeness (QED) is 0.610. The van der Waals surface area contributed by atoms with Crippen LogP contribution in [0.5, 0.6) is 0 Å². The zero-order valence-electron chi connectivity index (χ0n) is 15.4. The molecule has 1 heterocycles. The van der Waals surface area contributed by atoms with Crippen LogP contribution in [0.4, 0.5) is 0 Å². The molecule has 0 spiro atoms. The fraction of sp³-hybridized carbons (Fsp3) is 0.421. The Balaban J connectivity index is 2.26. The number of rotatable bonds is 3. The van der Waals surface area contributed by atoms with Gasteiger partial charge in [-0.1, -0.05) is 24.3 Å². The maximum absolute atomic E-state index is 12.8. The molecule has 0 radical (unpaired) electrons. The molecule has 136 valence electrons. The van der Waals surface area contributed by atoms with Crippen LogP contribution in [0.3, 0.4) is 0 Å². The number of aryl methyl sites for hydroxylation is 1. The van der Waals surface area contributed by atoms with Gasteiger partial charge in [-0.2, -0.15) is 4.31 Å². The van der Waals surface area contributed by atoms with Crippen molar-refractivity contribution in [2.45, 2.75) is 39.5 Å². The number of allylic oxidation sites excluding steroid dienone is 1. The van der Waals surface area contributed by atoms with Gasteiger partial charge in [0.15, 0.2) is 0 Å². The van der Waals surface area contributed by atoms with Crippen LogP contribution >= 0.6 is 0 Å². The van der Waals surface area contributed by atoms with Crippen molar-refractivity contribution in [1.82, 2.24) is 4.31 Å². The standard InChI is InChI=1S/C19H25NO4S/c1-13-7-9-16(10-8-13)25(22,23)20-11-14(2)17(12-20)15(3)24-18(21)19(4,5)6/h7-10H,2,11-12H2,1,3-6H3/b17-15+. The smallest absolute Gasteiger partial charge is 0.316 e. The first kappa shape index (κ1) is 19.4. The molecule has 0 atom stereocenters. The lowest BCUT2D eigenvalue weighted by molar-refractivity contribution is -0.148. The summed E-state index contributed by atoms with van der Waals surface area (Å²) in [6, 6.07) is 6.74. The minimum Gasteiger partial charge on any atom is -0.431 e. The minimum atomic E-state index is -3.61. The summed E-state index contributed by atoms with van der Waals surface area (Å²) in [5.41, 5.74) is 1.67. The van der Waals surface area contributed by atoms with Crippen LogP contribution in [0.25, 0.3) is 0 Å². The third-order valence-electron chi connectivity index (χ3n) is 4.07. The summed E-state index contributed by atoms with van der Waals surface area (Å²) < 4.78 is 32.4. The maximum atomic E-state index is 12.8. The van der Waals surface area contributed by atoms with E-state index >= 15 is 0 Å². The van der Waals surface area contributed by atoms with Crippen LogP contribution in [0.1, 0.15) is 33.3 Å². The molecule has 0 bridgehead atoms. The van der Waals surface area contributed by atoms with Gasteiger partial charge in [0.1, 0.15) is 5.76 Å². The van der Waals surface area contributed by atoms with E-state index in [0.29, 0.717) is 16.9 Å². The first-order chi connectivity index (χ1) is 11.4. The van der Waals surface area contributed by atoms with Crippen molar-refractivity contribution in [2.24, 2.45) is 5.41 Å². The van der Waals surface area contributed by atoms with E-state index in [1.54, 1.807) is 52.0 Å². The highest BCUT2D eigenvalue weighted by Crippen LogP contribution is 2.30. The van der Waals surface area contributed by atoms with Gasteiger partial charge in [0.05, 0.1) is 10.3 Å². The van der Waals surface area contributed by atoms with Crippen LogP contribution in [-0.4, -0.2) is 31.8 Å². The molecule has 0 N–H and O–H groups in total. The third kappa shape index (κ3) is 4.19. The third-order valence-corrected chi connectivity index (χ3v) is 5.88. The molecule has 5 nitrogen and oxygen atoms in total. The van der Waals surface area contributed by atoms with E-state index in [1.807, 2.05) is 6.92 Å². The van der Waals surface area contributed by atoms with E-state index in [4.69, 9.17) is 4.74 Å². The SMILES string of the molecule is C=C1CN(S(=O)(=O)c2ccc(C)cc2)C/C1=C(/C)OC(=O)C(C)(C)C.